The molecular weight excluding hydrogens is 430 g/mol. The van der Waals surface area contributed by atoms with Gasteiger partial charge < -0.3 is 15.0 Å². The van der Waals surface area contributed by atoms with Gasteiger partial charge in [-0.3, -0.25) is 19.2 Å². The SMILES string of the molecule is CON(C)C(=O)Cn1cc(C(=O)NCc2ccc(Cl)cc2)c(=O)c2sc(CO)cc21. The van der Waals surface area contributed by atoms with E-state index in [1.165, 1.54) is 24.9 Å². The third-order valence-corrected chi connectivity index (χ3v) is 5.87. The molecule has 10 heteroatoms. The number of pyridine rings is 1. The molecule has 8 nitrogen and oxygen atoms in total. The van der Waals surface area contributed by atoms with Crippen molar-refractivity contribution in [2.24, 2.45) is 0 Å². The first-order valence-corrected chi connectivity index (χ1v) is 10.1. The van der Waals surface area contributed by atoms with Gasteiger partial charge in [-0.05, 0) is 23.8 Å². The molecule has 0 aliphatic rings. The summed E-state index contributed by atoms with van der Waals surface area (Å²) in [6, 6.07) is 8.60. The van der Waals surface area contributed by atoms with Crippen LogP contribution in [0.25, 0.3) is 10.2 Å². The number of hydrogen-bond donors (Lipinski definition) is 2. The van der Waals surface area contributed by atoms with Crippen molar-refractivity contribution in [2.75, 3.05) is 14.2 Å². The number of aromatic nitrogens is 1. The molecule has 0 unspecified atom stereocenters. The van der Waals surface area contributed by atoms with Crippen LogP contribution in [0.5, 0.6) is 0 Å². The van der Waals surface area contributed by atoms with Crippen LogP contribution in [0.4, 0.5) is 0 Å². The van der Waals surface area contributed by atoms with Gasteiger partial charge in [0.2, 0.25) is 5.43 Å². The number of nitrogens with zero attached hydrogens (tertiary/aromatic N) is 2. The van der Waals surface area contributed by atoms with E-state index < -0.39 is 11.3 Å². The van der Waals surface area contributed by atoms with E-state index in [1.807, 2.05) is 0 Å². The summed E-state index contributed by atoms with van der Waals surface area (Å²) in [7, 11) is 2.83. The van der Waals surface area contributed by atoms with Gasteiger partial charge in [-0.15, -0.1) is 11.3 Å². The summed E-state index contributed by atoms with van der Waals surface area (Å²) in [6.45, 7) is -0.172. The number of thiophene rings is 1. The van der Waals surface area contributed by atoms with Gasteiger partial charge >= 0.3 is 0 Å². The maximum atomic E-state index is 12.9. The van der Waals surface area contributed by atoms with Gasteiger partial charge in [0.1, 0.15) is 12.1 Å². The van der Waals surface area contributed by atoms with E-state index in [4.69, 9.17) is 16.4 Å². The second-order valence-electron chi connectivity index (χ2n) is 6.47. The number of halogens is 1. The van der Waals surface area contributed by atoms with Crippen LogP contribution in [0.15, 0.2) is 41.3 Å². The van der Waals surface area contributed by atoms with Crippen molar-refractivity contribution in [1.29, 1.82) is 0 Å². The summed E-state index contributed by atoms with van der Waals surface area (Å²) in [5.74, 6) is -0.927. The lowest BCUT2D eigenvalue weighted by Gasteiger charge is -2.16. The lowest BCUT2D eigenvalue weighted by Crippen LogP contribution is -2.32. The number of aliphatic hydroxyl groups is 1. The smallest absolute Gasteiger partial charge is 0.265 e. The number of benzene rings is 1. The number of rotatable bonds is 7. The molecule has 0 saturated heterocycles. The third-order valence-electron chi connectivity index (χ3n) is 4.51. The molecule has 0 fully saturated rings. The van der Waals surface area contributed by atoms with Gasteiger partial charge in [-0.1, -0.05) is 23.7 Å². The largest absolute Gasteiger partial charge is 0.391 e. The highest BCUT2D eigenvalue weighted by Gasteiger charge is 2.20. The Morgan fingerprint density at radius 2 is 2.00 bits per heavy atom. The fourth-order valence-electron chi connectivity index (χ4n) is 2.81. The standard InChI is InChI=1S/C20H20ClN3O5S/c1-23(29-2)17(26)10-24-9-15(18(27)19-16(24)7-14(11-25)30-19)20(28)22-8-12-3-5-13(21)6-4-12/h3-7,9,25H,8,10-11H2,1-2H3,(H,22,28). The van der Waals surface area contributed by atoms with E-state index >= 15 is 0 Å². The zero-order valence-electron chi connectivity index (χ0n) is 16.3. The molecule has 0 radical (unpaired) electrons. The highest BCUT2D eigenvalue weighted by Crippen LogP contribution is 2.24. The van der Waals surface area contributed by atoms with Crippen LogP contribution in [0, 0.1) is 0 Å². The molecule has 158 valence electrons. The molecule has 3 aromatic rings. The van der Waals surface area contributed by atoms with E-state index in [9.17, 15) is 19.5 Å². The lowest BCUT2D eigenvalue weighted by atomic mass is 10.2. The van der Waals surface area contributed by atoms with Crippen molar-refractivity contribution in [3.63, 3.8) is 0 Å². The van der Waals surface area contributed by atoms with Crippen LogP contribution >= 0.6 is 22.9 Å². The molecule has 1 aromatic carbocycles. The Bertz CT molecular complexity index is 1140. The first-order valence-electron chi connectivity index (χ1n) is 8.94. The third kappa shape index (κ3) is 4.71. The first kappa shape index (κ1) is 22.0. The molecular formula is C20H20ClN3O5S. The van der Waals surface area contributed by atoms with E-state index in [1.54, 1.807) is 30.3 Å². The zero-order chi connectivity index (χ0) is 21.8. The topological polar surface area (TPSA) is 101 Å². The minimum Gasteiger partial charge on any atom is -0.391 e. The predicted molar refractivity (Wildman–Crippen MR) is 114 cm³/mol. The molecule has 0 saturated carbocycles. The Morgan fingerprint density at radius 1 is 1.30 bits per heavy atom. The summed E-state index contributed by atoms with van der Waals surface area (Å²) < 4.78 is 1.81. The normalized spacial score (nSPS) is 10.9. The van der Waals surface area contributed by atoms with Crippen LogP contribution in [0.2, 0.25) is 5.02 Å². The van der Waals surface area contributed by atoms with E-state index in [0.29, 0.717) is 20.1 Å². The number of carbonyl (C=O) groups is 2. The molecule has 0 spiro atoms. The number of hydroxylamine groups is 2. The Kier molecular flexibility index (Phi) is 6.88. The summed E-state index contributed by atoms with van der Waals surface area (Å²) in [4.78, 5) is 43.4. The molecule has 3 rings (SSSR count). The van der Waals surface area contributed by atoms with Gasteiger partial charge in [-0.25, -0.2) is 5.06 Å². The molecule has 2 heterocycles. The summed E-state index contributed by atoms with van der Waals surface area (Å²) in [5, 5.41) is 13.8. The van der Waals surface area contributed by atoms with Crippen LogP contribution in [0.3, 0.4) is 0 Å². The predicted octanol–water partition coefficient (Wildman–Crippen LogP) is 2.16. The zero-order valence-corrected chi connectivity index (χ0v) is 17.9. The van der Waals surface area contributed by atoms with Crippen molar-refractivity contribution in [1.82, 2.24) is 14.9 Å². The highest BCUT2D eigenvalue weighted by atomic mass is 35.5. The molecule has 0 aliphatic heterocycles. The molecule has 2 amide bonds. The fourth-order valence-corrected chi connectivity index (χ4v) is 3.92. The van der Waals surface area contributed by atoms with Gasteiger partial charge in [-0.2, -0.15) is 0 Å². The van der Waals surface area contributed by atoms with E-state index in [2.05, 4.69) is 5.32 Å². The van der Waals surface area contributed by atoms with Crippen LogP contribution < -0.4 is 10.7 Å². The first-order chi connectivity index (χ1) is 14.3. The van der Waals surface area contributed by atoms with E-state index in [-0.39, 0.29) is 31.2 Å². The quantitative estimate of drug-likeness (QED) is 0.538. The second kappa shape index (κ2) is 9.40. The van der Waals surface area contributed by atoms with Crippen molar-refractivity contribution in [3.8, 4) is 0 Å². The van der Waals surface area contributed by atoms with Crippen LogP contribution in [0.1, 0.15) is 20.8 Å². The monoisotopic (exact) mass is 449 g/mol. The van der Waals surface area contributed by atoms with Gasteiger partial charge in [0.25, 0.3) is 11.8 Å². The second-order valence-corrected chi connectivity index (χ2v) is 8.04. The van der Waals surface area contributed by atoms with Crippen LogP contribution in [-0.2, 0) is 29.3 Å². The number of carbonyl (C=O) groups excluding carboxylic acids is 2. The Labute approximate surface area is 181 Å². The number of amides is 2. The Balaban J connectivity index is 1.95. The van der Waals surface area contributed by atoms with Gasteiger partial charge in [0, 0.05) is 29.7 Å². The minimum absolute atomic E-state index is 0.0873. The summed E-state index contributed by atoms with van der Waals surface area (Å²) in [5.41, 5.74) is 0.758. The maximum absolute atomic E-state index is 12.9. The maximum Gasteiger partial charge on any atom is 0.265 e. The van der Waals surface area contributed by atoms with Crippen molar-refractivity contribution in [2.45, 2.75) is 19.7 Å². The minimum atomic E-state index is -0.558. The number of likely N-dealkylation sites (N-methyl/N-ethyl adjacent to an activating group) is 1. The summed E-state index contributed by atoms with van der Waals surface area (Å²) in [6.07, 6.45) is 1.36. The molecule has 0 aliphatic carbocycles. The highest BCUT2D eigenvalue weighted by molar-refractivity contribution is 7.18. The molecule has 0 bridgehead atoms. The molecule has 0 atom stereocenters. The fraction of sp³-hybridized carbons (Fsp3) is 0.250. The molecule has 2 aromatic heterocycles. The average molecular weight is 450 g/mol. The van der Waals surface area contributed by atoms with Crippen LogP contribution in [-0.4, -0.2) is 40.7 Å². The average Bonchev–Trinajstić information content (AvgIpc) is 3.19. The number of fused-ring (bicyclic) bond motifs is 1. The van der Waals surface area contributed by atoms with Crippen molar-refractivity contribution < 1.29 is 19.5 Å². The lowest BCUT2D eigenvalue weighted by molar-refractivity contribution is -0.169. The van der Waals surface area contributed by atoms with Gasteiger partial charge in [0.15, 0.2) is 0 Å². The number of hydrogen-bond acceptors (Lipinski definition) is 6. The number of aliphatic hydroxyl groups excluding tert-OH is 1. The Morgan fingerprint density at radius 3 is 2.63 bits per heavy atom. The number of nitrogens with one attached hydrogen (secondary N) is 1. The van der Waals surface area contributed by atoms with Crippen molar-refractivity contribution >= 4 is 45.0 Å². The van der Waals surface area contributed by atoms with E-state index in [0.717, 1.165) is 22.0 Å². The summed E-state index contributed by atoms with van der Waals surface area (Å²) >= 11 is 6.96. The molecule has 2 N–H and O–H groups in total. The molecule has 30 heavy (non-hydrogen) atoms. The van der Waals surface area contributed by atoms with Crippen molar-refractivity contribution in [3.05, 3.63) is 67.8 Å². The Hall–Kier alpha value is -2.72. The van der Waals surface area contributed by atoms with Gasteiger partial charge in [0.05, 0.1) is 23.9 Å².